The van der Waals surface area contributed by atoms with Gasteiger partial charge in [-0.25, -0.2) is 4.98 Å². The molecule has 0 fully saturated rings. The van der Waals surface area contributed by atoms with Crippen molar-refractivity contribution in [3.63, 3.8) is 0 Å². The normalized spacial score (nSPS) is 10.2. The molecular formula is C16H17ClN2O2. The van der Waals surface area contributed by atoms with Crippen molar-refractivity contribution in [2.24, 2.45) is 0 Å². The van der Waals surface area contributed by atoms with Crippen LogP contribution in [0, 0.1) is 0 Å². The lowest BCUT2D eigenvalue weighted by Gasteiger charge is -2.06. The van der Waals surface area contributed by atoms with E-state index in [1.54, 1.807) is 19.4 Å². The van der Waals surface area contributed by atoms with Gasteiger partial charge >= 0.3 is 0 Å². The number of hydrogen-bond acceptors (Lipinski definition) is 3. The Kier molecular flexibility index (Phi) is 5.58. The molecule has 1 amide bonds. The Labute approximate surface area is 129 Å². The summed E-state index contributed by atoms with van der Waals surface area (Å²) in [5.74, 6) is 0.567. The van der Waals surface area contributed by atoms with Gasteiger partial charge in [0.1, 0.15) is 0 Å². The predicted molar refractivity (Wildman–Crippen MR) is 82.4 cm³/mol. The molecule has 0 unspecified atom stereocenters. The van der Waals surface area contributed by atoms with Gasteiger partial charge in [-0.1, -0.05) is 29.8 Å². The molecule has 4 nitrogen and oxygen atoms in total. The number of pyridine rings is 1. The number of ether oxygens (including phenoxy) is 1. The second-order valence-corrected chi connectivity index (χ2v) is 5.05. The molecule has 0 radical (unpaired) electrons. The Hall–Kier alpha value is -2.07. The third-order valence-corrected chi connectivity index (χ3v) is 3.26. The first-order chi connectivity index (χ1) is 10.2. The zero-order valence-electron chi connectivity index (χ0n) is 11.8. The van der Waals surface area contributed by atoms with E-state index < -0.39 is 0 Å². The minimum absolute atomic E-state index is 0.00536. The van der Waals surface area contributed by atoms with Crippen molar-refractivity contribution in [2.45, 2.75) is 19.4 Å². The van der Waals surface area contributed by atoms with Gasteiger partial charge in [-0.3, -0.25) is 4.79 Å². The van der Waals surface area contributed by atoms with Crippen molar-refractivity contribution in [1.29, 1.82) is 0 Å². The molecule has 0 spiro atoms. The summed E-state index contributed by atoms with van der Waals surface area (Å²) in [6.45, 7) is 0.464. The molecule has 0 aliphatic carbocycles. The van der Waals surface area contributed by atoms with E-state index in [2.05, 4.69) is 10.3 Å². The highest BCUT2D eigenvalue weighted by Gasteiger charge is 2.03. The van der Waals surface area contributed by atoms with Crippen LogP contribution in [0.3, 0.4) is 0 Å². The first-order valence-electron chi connectivity index (χ1n) is 6.67. The number of hydrogen-bond donors (Lipinski definition) is 1. The number of aryl methyl sites for hydroxylation is 1. The largest absolute Gasteiger partial charge is 0.481 e. The molecule has 0 aliphatic rings. The Bertz CT molecular complexity index is 599. The Morgan fingerprint density at radius 1 is 1.29 bits per heavy atom. The van der Waals surface area contributed by atoms with E-state index in [-0.39, 0.29) is 5.91 Å². The lowest BCUT2D eigenvalue weighted by atomic mass is 10.1. The van der Waals surface area contributed by atoms with Crippen LogP contribution < -0.4 is 10.1 Å². The van der Waals surface area contributed by atoms with Gasteiger partial charge in [-0.2, -0.15) is 0 Å². The van der Waals surface area contributed by atoms with Gasteiger partial charge < -0.3 is 10.1 Å². The van der Waals surface area contributed by atoms with Gasteiger partial charge in [0.05, 0.1) is 7.11 Å². The van der Waals surface area contributed by atoms with E-state index >= 15 is 0 Å². The first-order valence-corrected chi connectivity index (χ1v) is 7.05. The van der Waals surface area contributed by atoms with Crippen LogP contribution in [0.1, 0.15) is 17.5 Å². The maximum absolute atomic E-state index is 11.8. The monoisotopic (exact) mass is 304 g/mol. The molecule has 5 heteroatoms. The minimum Gasteiger partial charge on any atom is -0.481 e. The molecule has 0 bridgehead atoms. The number of nitrogens with one attached hydrogen (secondary N) is 1. The Morgan fingerprint density at radius 2 is 2.14 bits per heavy atom. The minimum atomic E-state index is 0.00536. The van der Waals surface area contributed by atoms with Crippen LogP contribution in [0.15, 0.2) is 42.6 Å². The predicted octanol–water partition coefficient (Wildman–Crippen LogP) is 2.99. The van der Waals surface area contributed by atoms with Gasteiger partial charge in [-0.05, 0) is 29.7 Å². The van der Waals surface area contributed by atoms with Crippen LogP contribution in [-0.2, 0) is 17.8 Å². The topological polar surface area (TPSA) is 51.2 Å². The number of benzene rings is 1. The number of amides is 1. The molecule has 1 N–H and O–H groups in total. The third-order valence-electron chi connectivity index (χ3n) is 3.03. The maximum Gasteiger partial charge on any atom is 0.220 e. The van der Waals surface area contributed by atoms with Crippen molar-refractivity contribution in [3.8, 4) is 5.88 Å². The summed E-state index contributed by atoms with van der Waals surface area (Å²) < 4.78 is 4.98. The molecule has 0 saturated heterocycles. The van der Waals surface area contributed by atoms with Gasteiger partial charge in [0.25, 0.3) is 0 Å². The zero-order chi connectivity index (χ0) is 15.1. The lowest BCUT2D eigenvalue weighted by molar-refractivity contribution is -0.121. The summed E-state index contributed by atoms with van der Waals surface area (Å²) in [4.78, 5) is 15.9. The molecule has 0 atom stereocenters. The summed E-state index contributed by atoms with van der Waals surface area (Å²) in [6.07, 6.45) is 2.80. The van der Waals surface area contributed by atoms with Gasteiger partial charge in [-0.15, -0.1) is 0 Å². The molecule has 0 aliphatic heterocycles. The fourth-order valence-electron chi connectivity index (χ4n) is 1.88. The van der Waals surface area contributed by atoms with E-state index in [4.69, 9.17) is 16.3 Å². The van der Waals surface area contributed by atoms with Crippen LogP contribution in [0.2, 0.25) is 5.02 Å². The number of carbonyl (C=O) groups is 1. The Morgan fingerprint density at radius 3 is 2.81 bits per heavy atom. The Balaban J connectivity index is 1.76. The lowest BCUT2D eigenvalue weighted by Crippen LogP contribution is -2.23. The number of methoxy groups -OCH3 is 1. The second kappa shape index (κ2) is 7.64. The van der Waals surface area contributed by atoms with Crippen LogP contribution in [-0.4, -0.2) is 18.0 Å². The molecule has 21 heavy (non-hydrogen) atoms. The molecule has 2 aromatic rings. The fourth-order valence-corrected chi connectivity index (χ4v) is 2.09. The summed E-state index contributed by atoms with van der Waals surface area (Å²) in [6, 6.07) is 11.2. The van der Waals surface area contributed by atoms with E-state index in [0.717, 1.165) is 11.1 Å². The standard InChI is InChI=1S/C16H17ClN2O2/c1-21-16-8-6-13(11-19-16)10-18-15(20)7-5-12-3-2-4-14(17)9-12/h2-4,6,8-9,11H,5,7,10H2,1H3,(H,18,20). The number of halogens is 1. The summed E-state index contributed by atoms with van der Waals surface area (Å²) in [5.41, 5.74) is 2.00. The van der Waals surface area contributed by atoms with Crippen molar-refractivity contribution >= 4 is 17.5 Å². The van der Waals surface area contributed by atoms with E-state index in [1.165, 1.54) is 0 Å². The van der Waals surface area contributed by atoms with Crippen molar-refractivity contribution in [3.05, 3.63) is 58.7 Å². The van der Waals surface area contributed by atoms with Gasteiger partial charge in [0.15, 0.2) is 0 Å². The molecule has 110 valence electrons. The molecule has 0 saturated carbocycles. The third kappa shape index (κ3) is 5.08. The fraction of sp³-hybridized carbons (Fsp3) is 0.250. The summed E-state index contributed by atoms with van der Waals surface area (Å²) in [5, 5.41) is 3.56. The van der Waals surface area contributed by atoms with Gasteiger partial charge in [0.2, 0.25) is 11.8 Å². The SMILES string of the molecule is COc1ccc(CNC(=O)CCc2cccc(Cl)c2)cn1. The summed E-state index contributed by atoms with van der Waals surface area (Å²) >= 11 is 5.91. The average molecular weight is 305 g/mol. The summed E-state index contributed by atoms with van der Waals surface area (Å²) in [7, 11) is 1.57. The van der Waals surface area contributed by atoms with Crippen LogP contribution in [0.4, 0.5) is 0 Å². The number of aromatic nitrogens is 1. The highest BCUT2D eigenvalue weighted by atomic mass is 35.5. The highest BCUT2D eigenvalue weighted by molar-refractivity contribution is 6.30. The van der Waals surface area contributed by atoms with E-state index in [0.29, 0.717) is 30.3 Å². The van der Waals surface area contributed by atoms with Crippen LogP contribution >= 0.6 is 11.6 Å². The van der Waals surface area contributed by atoms with Crippen molar-refractivity contribution in [1.82, 2.24) is 10.3 Å². The number of carbonyl (C=O) groups excluding carboxylic acids is 1. The first kappa shape index (κ1) is 15.3. The van der Waals surface area contributed by atoms with Gasteiger partial charge in [0, 0.05) is 30.3 Å². The van der Waals surface area contributed by atoms with E-state index in [9.17, 15) is 4.79 Å². The maximum atomic E-state index is 11.8. The smallest absolute Gasteiger partial charge is 0.220 e. The molecule has 2 rings (SSSR count). The molecule has 1 aromatic carbocycles. The van der Waals surface area contributed by atoms with Crippen LogP contribution in [0.25, 0.3) is 0 Å². The quantitative estimate of drug-likeness (QED) is 0.892. The molecule has 1 aromatic heterocycles. The number of rotatable bonds is 6. The zero-order valence-corrected chi connectivity index (χ0v) is 12.6. The number of nitrogens with zero attached hydrogens (tertiary/aromatic N) is 1. The average Bonchev–Trinajstić information content (AvgIpc) is 2.51. The van der Waals surface area contributed by atoms with E-state index in [1.807, 2.05) is 30.3 Å². The molecular weight excluding hydrogens is 288 g/mol. The van der Waals surface area contributed by atoms with Crippen molar-refractivity contribution in [2.75, 3.05) is 7.11 Å². The highest BCUT2D eigenvalue weighted by Crippen LogP contribution is 2.12. The second-order valence-electron chi connectivity index (χ2n) is 4.62. The molecule has 1 heterocycles. The van der Waals surface area contributed by atoms with Crippen molar-refractivity contribution < 1.29 is 9.53 Å². The van der Waals surface area contributed by atoms with Crippen LogP contribution in [0.5, 0.6) is 5.88 Å².